The van der Waals surface area contributed by atoms with E-state index in [4.69, 9.17) is 9.47 Å². The number of rotatable bonds is 20. The summed E-state index contributed by atoms with van der Waals surface area (Å²) in [5.74, 6) is -0.658. The van der Waals surface area contributed by atoms with Gasteiger partial charge in [0.2, 0.25) is 0 Å². The average Bonchev–Trinajstić information content (AvgIpc) is 2.82. The molecule has 0 saturated heterocycles. The Morgan fingerprint density at radius 2 is 1.06 bits per heavy atom. The van der Waals surface area contributed by atoms with Crippen LogP contribution in [0.15, 0.2) is 24.3 Å². The number of ether oxygens (including phenoxy) is 2. The van der Waals surface area contributed by atoms with Crippen LogP contribution in [0.3, 0.4) is 0 Å². The van der Waals surface area contributed by atoms with Gasteiger partial charge in [-0.3, -0.25) is 0 Å². The molecule has 1 rings (SSSR count). The SMILES string of the molecule is CCCCCCCCCCCOC(=O)c1ccc(C(=O)OC(C)CCCCCCCC)cc1. The Bertz CT molecular complexity index is 623. The summed E-state index contributed by atoms with van der Waals surface area (Å²) in [6.45, 7) is 6.86. The molecule has 0 fully saturated rings. The highest BCUT2D eigenvalue weighted by Crippen LogP contribution is 2.14. The van der Waals surface area contributed by atoms with E-state index in [1.165, 1.54) is 77.0 Å². The van der Waals surface area contributed by atoms with E-state index in [0.29, 0.717) is 17.7 Å². The molecule has 0 heterocycles. The Hall–Kier alpha value is -1.84. The third-order valence-corrected chi connectivity index (χ3v) is 6.11. The van der Waals surface area contributed by atoms with Crippen molar-refractivity contribution < 1.29 is 19.1 Å². The van der Waals surface area contributed by atoms with E-state index in [2.05, 4.69) is 13.8 Å². The van der Waals surface area contributed by atoms with Gasteiger partial charge >= 0.3 is 11.9 Å². The van der Waals surface area contributed by atoms with Crippen molar-refractivity contribution in [3.8, 4) is 0 Å². The molecular formula is C29H48O4. The molecule has 0 bridgehead atoms. The molecule has 4 heteroatoms. The predicted octanol–water partition coefficient (Wildman–Crippen LogP) is 8.67. The van der Waals surface area contributed by atoms with Gasteiger partial charge in [0, 0.05) is 0 Å². The van der Waals surface area contributed by atoms with E-state index in [1.807, 2.05) is 6.92 Å². The molecule has 0 saturated carbocycles. The lowest BCUT2D eigenvalue weighted by atomic mass is 10.1. The van der Waals surface area contributed by atoms with Crippen LogP contribution in [0.25, 0.3) is 0 Å². The van der Waals surface area contributed by atoms with Gasteiger partial charge < -0.3 is 9.47 Å². The van der Waals surface area contributed by atoms with Crippen LogP contribution in [0.1, 0.15) is 144 Å². The van der Waals surface area contributed by atoms with Gasteiger partial charge in [0.1, 0.15) is 0 Å². The highest BCUT2D eigenvalue weighted by atomic mass is 16.5. The van der Waals surface area contributed by atoms with Gasteiger partial charge in [-0.25, -0.2) is 9.59 Å². The van der Waals surface area contributed by atoms with Gasteiger partial charge in [-0.2, -0.15) is 0 Å². The minimum absolute atomic E-state index is 0.0929. The summed E-state index contributed by atoms with van der Waals surface area (Å²) in [5.41, 5.74) is 0.947. The quantitative estimate of drug-likeness (QED) is 0.144. The largest absolute Gasteiger partial charge is 0.462 e. The molecule has 0 aliphatic carbocycles. The molecule has 1 unspecified atom stereocenters. The maximum absolute atomic E-state index is 12.3. The van der Waals surface area contributed by atoms with Crippen LogP contribution in [0.4, 0.5) is 0 Å². The maximum Gasteiger partial charge on any atom is 0.338 e. The molecule has 4 nitrogen and oxygen atoms in total. The number of unbranched alkanes of at least 4 members (excludes halogenated alkanes) is 13. The minimum Gasteiger partial charge on any atom is -0.462 e. The van der Waals surface area contributed by atoms with Crippen molar-refractivity contribution in [2.24, 2.45) is 0 Å². The van der Waals surface area contributed by atoms with Crippen molar-refractivity contribution in [1.82, 2.24) is 0 Å². The van der Waals surface area contributed by atoms with Crippen molar-refractivity contribution in [3.05, 3.63) is 35.4 Å². The van der Waals surface area contributed by atoms with Crippen LogP contribution in [-0.2, 0) is 9.47 Å². The predicted molar refractivity (Wildman–Crippen MR) is 137 cm³/mol. The number of benzene rings is 1. The lowest BCUT2D eigenvalue weighted by Crippen LogP contribution is -2.15. The lowest BCUT2D eigenvalue weighted by molar-refractivity contribution is 0.0318. The molecule has 0 spiro atoms. The van der Waals surface area contributed by atoms with Gasteiger partial charge in [0.25, 0.3) is 0 Å². The Morgan fingerprint density at radius 1 is 0.636 bits per heavy atom. The standard InChI is InChI=1S/C29H48O4/c1-4-6-8-10-12-13-14-16-18-24-32-28(30)26-20-22-27(23-21-26)29(31)33-25(3)19-17-15-11-9-7-5-2/h20-23,25H,4-19,24H2,1-3H3. The summed E-state index contributed by atoms with van der Waals surface area (Å²) in [6, 6.07) is 6.59. The molecule has 1 atom stereocenters. The summed E-state index contributed by atoms with van der Waals surface area (Å²) in [6.07, 6.45) is 19.3. The first-order chi connectivity index (χ1) is 16.1. The monoisotopic (exact) mass is 460 g/mol. The zero-order chi connectivity index (χ0) is 24.2. The Labute approximate surface area is 202 Å². The first-order valence-corrected chi connectivity index (χ1v) is 13.6. The lowest BCUT2D eigenvalue weighted by Gasteiger charge is -2.13. The fourth-order valence-corrected chi connectivity index (χ4v) is 3.93. The smallest absolute Gasteiger partial charge is 0.338 e. The summed E-state index contributed by atoms with van der Waals surface area (Å²) in [4.78, 5) is 24.6. The zero-order valence-corrected chi connectivity index (χ0v) is 21.5. The Morgan fingerprint density at radius 3 is 1.58 bits per heavy atom. The average molecular weight is 461 g/mol. The molecule has 0 radical (unpaired) electrons. The van der Waals surface area contributed by atoms with Gasteiger partial charge in [-0.05, 0) is 50.5 Å². The van der Waals surface area contributed by atoms with Crippen LogP contribution >= 0.6 is 0 Å². The summed E-state index contributed by atoms with van der Waals surface area (Å²) < 4.78 is 10.9. The van der Waals surface area contributed by atoms with Crippen LogP contribution in [0.2, 0.25) is 0 Å². The number of carbonyl (C=O) groups excluding carboxylic acids is 2. The molecule has 0 aromatic heterocycles. The molecule has 188 valence electrons. The van der Waals surface area contributed by atoms with Gasteiger partial charge in [0.05, 0.1) is 23.8 Å². The third kappa shape index (κ3) is 14.8. The highest BCUT2D eigenvalue weighted by Gasteiger charge is 2.13. The van der Waals surface area contributed by atoms with Crippen molar-refractivity contribution in [3.63, 3.8) is 0 Å². The van der Waals surface area contributed by atoms with Crippen molar-refractivity contribution in [1.29, 1.82) is 0 Å². The molecule has 0 aliphatic rings. The van der Waals surface area contributed by atoms with Crippen LogP contribution in [0.5, 0.6) is 0 Å². The highest BCUT2D eigenvalue weighted by molar-refractivity contribution is 5.93. The molecule has 1 aromatic rings. The molecular weight excluding hydrogens is 412 g/mol. The second kappa shape index (κ2) is 19.6. The maximum atomic E-state index is 12.3. The van der Waals surface area contributed by atoms with Crippen molar-refractivity contribution in [2.45, 2.75) is 130 Å². The summed E-state index contributed by atoms with van der Waals surface area (Å²) in [7, 11) is 0. The molecule has 0 aliphatic heterocycles. The van der Waals surface area contributed by atoms with E-state index in [0.717, 1.165) is 25.7 Å². The topological polar surface area (TPSA) is 52.6 Å². The van der Waals surface area contributed by atoms with Crippen LogP contribution in [-0.4, -0.2) is 24.6 Å². The second-order valence-corrected chi connectivity index (χ2v) is 9.31. The zero-order valence-electron chi connectivity index (χ0n) is 21.5. The Kier molecular flexibility index (Phi) is 17.4. The normalized spacial score (nSPS) is 11.8. The molecule has 0 N–H and O–H groups in total. The molecule has 0 amide bonds. The second-order valence-electron chi connectivity index (χ2n) is 9.31. The van der Waals surface area contributed by atoms with E-state index in [1.54, 1.807) is 24.3 Å². The van der Waals surface area contributed by atoms with Crippen LogP contribution < -0.4 is 0 Å². The number of carbonyl (C=O) groups is 2. The Balaban J connectivity index is 2.18. The molecule has 33 heavy (non-hydrogen) atoms. The van der Waals surface area contributed by atoms with E-state index in [-0.39, 0.29) is 18.0 Å². The van der Waals surface area contributed by atoms with E-state index < -0.39 is 0 Å². The summed E-state index contributed by atoms with van der Waals surface area (Å²) >= 11 is 0. The van der Waals surface area contributed by atoms with Crippen molar-refractivity contribution >= 4 is 11.9 Å². The van der Waals surface area contributed by atoms with Gasteiger partial charge in [-0.1, -0.05) is 97.3 Å². The van der Waals surface area contributed by atoms with E-state index in [9.17, 15) is 9.59 Å². The minimum atomic E-state index is -0.330. The molecule has 1 aromatic carbocycles. The van der Waals surface area contributed by atoms with Crippen LogP contribution in [0, 0.1) is 0 Å². The number of esters is 2. The third-order valence-electron chi connectivity index (χ3n) is 6.11. The number of hydrogen-bond donors (Lipinski definition) is 0. The first-order valence-electron chi connectivity index (χ1n) is 13.6. The fourth-order valence-electron chi connectivity index (χ4n) is 3.93. The van der Waals surface area contributed by atoms with Crippen molar-refractivity contribution in [2.75, 3.05) is 6.61 Å². The fraction of sp³-hybridized carbons (Fsp3) is 0.724. The summed E-state index contributed by atoms with van der Waals surface area (Å²) in [5, 5.41) is 0. The van der Waals surface area contributed by atoms with Gasteiger partial charge in [-0.15, -0.1) is 0 Å². The van der Waals surface area contributed by atoms with E-state index >= 15 is 0 Å². The number of hydrogen-bond acceptors (Lipinski definition) is 4. The van der Waals surface area contributed by atoms with Gasteiger partial charge in [0.15, 0.2) is 0 Å². The first kappa shape index (κ1) is 29.2.